The number of nitro groups is 1. The summed E-state index contributed by atoms with van der Waals surface area (Å²) in [5, 5.41) is 17.3. The van der Waals surface area contributed by atoms with E-state index in [1.165, 1.54) is 18.2 Å². The SMILES string of the molecule is CCNC(=NCCNS(=O)(=O)c1cccc([N+](=O)[O-])c1)NC1CC2CCC1O2. The molecule has 1 aromatic rings. The topological polar surface area (TPSA) is 135 Å². The highest BCUT2D eigenvalue weighted by atomic mass is 32.2. The van der Waals surface area contributed by atoms with Crippen molar-refractivity contribution in [1.82, 2.24) is 15.4 Å². The summed E-state index contributed by atoms with van der Waals surface area (Å²) < 4.78 is 32.9. The second-order valence-electron chi connectivity index (χ2n) is 6.77. The highest BCUT2D eigenvalue weighted by Crippen LogP contribution is 2.34. The molecule has 28 heavy (non-hydrogen) atoms. The number of fused-ring (bicyclic) bond motifs is 2. The predicted molar refractivity (Wildman–Crippen MR) is 104 cm³/mol. The molecule has 0 aliphatic carbocycles. The van der Waals surface area contributed by atoms with Crippen LogP contribution in [0.15, 0.2) is 34.2 Å². The summed E-state index contributed by atoms with van der Waals surface area (Å²) >= 11 is 0. The molecule has 154 valence electrons. The van der Waals surface area contributed by atoms with E-state index in [0.717, 1.165) is 25.3 Å². The first kappa shape index (κ1) is 20.5. The largest absolute Gasteiger partial charge is 0.373 e. The first-order chi connectivity index (χ1) is 13.4. The highest BCUT2D eigenvalue weighted by molar-refractivity contribution is 7.89. The van der Waals surface area contributed by atoms with Gasteiger partial charge in [-0.2, -0.15) is 0 Å². The predicted octanol–water partition coefficient (Wildman–Crippen LogP) is 0.748. The first-order valence-corrected chi connectivity index (χ1v) is 10.8. The number of aliphatic imine (C=N–C) groups is 1. The third kappa shape index (κ3) is 4.97. The molecule has 3 atom stereocenters. The molecular formula is C17H25N5O5S. The third-order valence-electron chi connectivity index (χ3n) is 4.78. The van der Waals surface area contributed by atoms with Crippen LogP contribution in [0.5, 0.6) is 0 Å². The highest BCUT2D eigenvalue weighted by Gasteiger charge is 2.41. The number of hydrogen-bond donors (Lipinski definition) is 3. The summed E-state index contributed by atoms with van der Waals surface area (Å²) in [4.78, 5) is 14.5. The molecule has 3 unspecified atom stereocenters. The van der Waals surface area contributed by atoms with Crippen molar-refractivity contribution in [1.29, 1.82) is 0 Å². The van der Waals surface area contributed by atoms with E-state index >= 15 is 0 Å². The van der Waals surface area contributed by atoms with Gasteiger partial charge in [-0.15, -0.1) is 0 Å². The first-order valence-electron chi connectivity index (χ1n) is 9.33. The molecule has 2 bridgehead atoms. The smallest absolute Gasteiger partial charge is 0.270 e. The Bertz CT molecular complexity index is 844. The minimum absolute atomic E-state index is 0.0782. The van der Waals surface area contributed by atoms with Gasteiger partial charge in [-0.25, -0.2) is 13.1 Å². The van der Waals surface area contributed by atoms with Gasteiger partial charge in [0.15, 0.2) is 5.96 Å². The van der Waals surface area contributed by atoms with Crippen LogP contribution in [0.4, 0.5) is 5.69 Å². The molecule has 3 rings (SSSR count). The van der Waals surface area contributed by atoms with Crippen LogP contribution in [0.1, 0.15) is 26.2 Å². The van der Waals surface area contributed by atoms with Gasteiger partial charge in [0.2, 0.25) is 10.0 Å². The quantitative estimate of drug-likeness (QED) is 0.189. The van der Waals surface area contributed by atoms with E-state index in [1.807, 2.05) is 6.92 Å². The number of nitrogens with one attached hydrogen (secondary N) is 3. The molecule has 3 N–H and O–H groups in total. The van der Waals surface area contributed by atoms with Crippen LogP contribution in [-0.4, -0.2) is 57.2 Å². The minimum Gasteiger partial charge on any atom is -0.373 e. The van der Waals surface area contributed by atoms with Crippen LogP contribution in [0.3, 0.4) is 0 Å². The summed E-state index contributed by atoms with van der Waals surface area (Å²) in [5.41, 5.74) is -0.271. The average molecular weight is 411 g/mol. The average Bonchev–Trinajstić information content (AvgIpc) is 3.28. The van der Waals surface area contributed by atoms with Gasteiger partial charge < -0.3 is 15.4 Å². The maximum atomic E-state index is 12.3. The number of nitrogens with zero attached hydrogens (tertiary/aromatic N) is 2. The molecule has 11 heteroatoms. The third-order valence-corrected chi connectivity index (χ3v) is 6.24. The molecule has 0 saturated carbocycles. The summed E-state index contributed by atoms with van der Waals surface area (Å²) in [6.45, 7) is 2.95. The Morgan fingerprint density at radius 3 is 2.86 bits per heavy atom. The second kappa shape index (κ2) is 8.84. The van der Waals surface area contributed by atoms with E-state index in [1.54, 1.807) is 0 Å². The Morgan fingerprint density at radius 1 is 1.39 bits per heavy atom. The van der Waals surface area contributed by atoms with E-state index in [4.69, 9.17) is 4.74 Å². The molecule has 2 aliphatic rings. The number of sulfonamides is 1. The molecule has 0 spiro atoms. The Kier molecular flexibility index (Phi) is 6.47. The number of rotatable bonds is 8. The van der Waals surface area contributed by atoms with E-state index < -0.39 is 14.9 Å². The van der Waals surface area contributed by atoms with E-state index in [-0.39, 0.29) is 35.8 Å². The lowest BCUT2D eigenvalue weighted by Gasteiger charge is -2.22. The van der Waals surface area contributed by atoms with Crippen LogP contribution in [0, 0.1) is 10.1 Å². The van der Waals surface area contributed by atoms with Crippen molar-refractivity contribution in [2.45, 2.75) is 49.3 Å². The molecule has 10 nitrogen and oxygen atoms in total. The zero-order chi connectivity index (χ0) is 20.1. The van der Waals surface area contributed by atoms with Crippen molar-refractivity contribution in [2.24, 2.45) is 4.99 Å². The number of nitro benzene ring substituents is 1. The standard InChI is InChI=1S/C17H25N5O5S/c1-2-18-17(21-15-11-13-6-7-16(15)27-13)19-8-9-20-28(25,26)14-5-3-4-12(10-14)22(23)24/h3-5,10,13,15-16,20H,2,6-9,11H2,1H3,(H2,18,19,21). The van der Waals surface area contributed by atoms with Gasteiger partial charge in [-0.3, -0.25) is 15.1 Å². The zero-order valence-electron chi connectivity index (χ0n) is 15.6. The van der Waals surface area contributed by atoms with Gasteiger partial charge >= 0.3 is 0 Å². The maximum Gasteiger partial charge on any atom is 0.270 e. The molecular weight excluding hydrogens is 386 g/mol. The molecule has 2 saturated heterocycles. The van der Waals surface area contributed by atoms with Gasteiger partial charge in [0, 0.05) is 25.2 Å². The Labute approximate surface area is 164 Å². The monoisotopic (exact) mass is 411 g/mol. The molecule has 2 heterocycles. The van der Waals surface area contributed by atoms with Gasteiger partial charge in [0.05, 0.1) is 34.6 Å². The van der Waals surface area contributed by atoms with Crippen molar-refractivity contribution in [3.63, 3.8) is 0 Å². The minimum atomic E-state index is -3.84. The fraction of sp³-hybridized carbons (Fsp3) is 0.588. The Balaban J connectivity index is 1.54. The van der Waals surface area contributed by atoms with E-state index in [9.17, 15) is 18.5 Å². The molecule has 2 aliphatic heterocycles. The van der Waals surface area contributed by atoms with Crippen LogP contribution in [-0.2, 0) is 14.8 Å². The summed E-state index contributed by atoms with van der Waals surface area (Å²) in [6.07, 6.45) is 3.64. The Morgan fingerprint density at radius 2 is 2.21 bits per heavy atom. The van der Waals surface area contributed by atoms with Crippen LogP contribution in [0.2, 0.25) is 0 Å². The number of ether oxygens (including phenoxy) is 1. The molecule has 2 fully saturated rings. The molecule has 1 aromatic carbocycles. The number of hydrogen-bond acceptors (Lipinski definition) is 6. The van der Waals surface area contributed by atoms with E-state index in [0.29, 0.717) is 18.6 Å². The lowest BCUT2D eigenvalue weighted by molar-refractivity contribution is -0.385. The molecule has 0 radical (unpaired) electrons. The van der Waals surface area contributed by atoms with Gasteiger partial charge in [0.25, 0.3) is 5.69 Å². The fourth-order valence-electron chi connectivity index (χ4n) is 3.48. The van der Waals surface area contributed by atoms with Crippen LogP contribution >= 0.6 is 0 Å². The maximum absolute atomic E-state index is 12.3. The van der Waals surface area contributed by atoms with Crippen molar-refractivity contribution < 1.29 is 18.1 Å². The molecule has 0 aromatic heterocycles. The normalized spacial score (nSPS) is 24.3. The number of guanidine groups is 1. The van der Waals surface area contributed by atoms with E-state index in [2.05, 4.69) is 20.3 Å². The van der Waals surface area contributed by atoms with Gasteiger partial charge in [0.1, 0.15) is 0 Å². The summed E-state index contributed by atoms with van der Waals surface area (Å²) in [5.74, 6) is 0.623. The van der Waals surface area contributed by atoms with Gasteiger partial charge in [-0.1, -0.05) is 6.07 Å². The number of benzene rings is 1. The molecule has 0 amide bonds. The van der Waals surface area contributed by atoms with Crippen LogP contribution < -0.4 is 15.4 Å². The zero-order valence-corrected chi connectivity index (χ0v) is 16.4. The summed E-state index contributed by atoms with van der Waals surface area (Å²) in [7, 11) is -3.84. The van der Waals surface area contributed by atoms with Crippen molar-refractivity contribution >= 4 is 21.7 Å². The van der Waals surface area contributed by atoms with Crippen molar-refractivity contribution in [3.05, 3.63) is 34.4 Å². The van der Waals surface area contributed by atoms with Crippen molar-refractivity contribution in [3.8, 4) is 0 Å². The Hall–Kier alpha value is -2.24. The fourth-order valence-corrected chi connectivity index (χ4v) is 4.54. The van der Waals surface area contributed by atoms with Crippen molar-refractivity contribution in [2.75, 3.05) is 19.6 Å². The second-order valence-corrected chi connectivity index (χ2v) is 8.54. The number of non-ortho nitro benzene ring substituents is 1. The lowest BCUT2D eigenvalue weighted by Crippen LogP contribution is -2.47. The lowest BCUT2D eigenvalue weighted by atomic mass is 9.96. The summed E-state index contributed by atoms with van der Waals surface area (Å²) in [6, 6.07) is 5.16. The van der Waals surface area contributed by atoms with Gasteiger partial charge in [-0.05, 0) is 32.3 Å². The van der Waals surface area contributed by atoms with Crippen LogP contribution in [0.25, 0.3) is 0 Å².